The van der Waals surface area contributed by atoms with Crippen LogP contribution in [0.5, 0.6) is 11.5 Å². The summed E-state index contributed by atoms with van der Waals surface area (Å²) >= 11 is 0. The minimum Gasteiger partial charge on any atom is -0.504 e. The Hall–Kier alpha value is -3.28. The fraction of sp³-hybridized carbons (Fsp3) is 0.304. The van der Waals surface area contributed by atoms with Gasteiger partial charge in [0.15, 0.2) is 11.5 Å². The summed E-state index contributed by atoms with van der Waals surface area (Å²) in [5, 5.41) is 17.6. The third-order valence-corrected chi connectivity index (χ3v) is 5.28. The number of rotatable bonds is 5. The number of phenols is 1. The first-order valence-electron chi connectivity index (χ1n) is 9.86. The number of amides is 1. The number of aromatic hydroxyl groups is 1. The molecule has 0 aliphatic carbocycles. The maximum absolute atomic E-state index is 13.2. The Morgan fingerprint density at radius 2 is 1.93 bits per heavy atom. The van der Waals surface area contributed by atoms with E-state index in [1.807, 2.05) is 69.0 Å². The van der Waals surface area contributed by atoms with Crippen molar-refractivity contribution in [2.75, 3.05) is 6.61 Å². The quantitative estimate of drug-likeness (QED) is 0.674. The Balaban J connectivity index is 1.90. The van der Waals surface area contributed by atoms with Crippen LogP contribution in [0.25, 0.3) is 11.3 Å². The molecule has 2 N–H and O–H groups in total. The average molecular weight is 391 g/mol. The first-order chi connectivity index (χ1) is 13.9. The highest BCUT2D eigenvalue weighted by atomic mass is 16.5. The summed E-state index contributed by atoms with van der Waals surface area (Å²) in [6.07, 6.45) is 0. The van der Waals surface area contributed by atoms with Gasteiger partial charge in [-0.3, -0.25) is 9.89 Å². The number of nitrogens with zero attached hydrogens (tertiary/aromatic N) is 2. The summed E-state index contributed by atoms with van der Waals surface area (Å²) in [6, 6.07) is 13.1. The maximum atomic E-state index is 13.2. The number of carbonyl (C=O) groups excluding carboxylic acids is 1. The lowest BCUT2D eigenvalue weighted by molar-refractivity contribution is 0.0687. The van der Waals surface area contributed by atoms with Crippen LogP contribution in [-0.4, -0.2) is 38.8 Å². The van der Waals surface area contributed by atoms with E-state index in [2.05, 4.69) is 10.2 Å². The van der Waals surface area contributed by atoms with Gasteiger partial charge in [0.25, 0.3) is 5.91 Å². The molecule has 1 aliphatic heterocycles. The molecule has 0 saturated heterocycles. The van der Waals surface area contributed by atoms with Gasteiger partial charge in [-0.25, -0.2) is 0 Å². The van der Waals surface area contributed by atoms with Crippen LogP contribution in [0.3, 0.4) is 0 Å². The molecule has 0 bridgehead atoms. The van der Waals surface area contributed by atoms with Gasteiger partial charge in [-0.15, -0.1) is 0 Å². The first-order valence-corrected chi connectivity index (χ1v) is 9.86. The van der Waals surface area contributed by atoms with Crippen LogP contribution < -0.4 is 4.74 Å². The van der Waals surface area contributed by atoms with Gasteiger partial charge < -0.3 is 14.7 Å². The first kappa shape index (κ1) is 19.1. The number of phenolic OH excluding ortho intramolecular Hbond substituents is 1. The second kappa shape index (κ2) is 7.28. The Morgan fingerprint density at radius 3 is 2.59 bits per heavy atom. The number of nitrogens with one attached hydrogen (secondary N) is 1. The molecule has 3 aromatic rings. The molecule has 1 atom stereocenters. The predicted octanol–water partition coefficient (Wildman–Crippen LogP) is 4.44. The number of hydrogen-bond donors (Lipinski definition) is 2. The molecule has 2 heterocycles. The van der Waals surface area contributed by atoms with Crippen molar-refractivity contribution in [1.82, 2.24) is 15.1 Å². The highest BCUT2D eigenvalue weighted by Gasteiger charge is 2.43. The molecule has 6 heteroatoms. The predicted molar refractivity (Wildman–Crippen MR) is 111 cm³/mol. The molecule has 6 nitrogen and oxygen atoms in total. The van der Waals surface area contributed by atoms with Crippen molar-refractivity contribution in [3.63, 3.8) is 0 Å². The largest absolute Gasteiger partial charge is 0.504 e. The number of hydrogen-bond acceptors (Lipinski definition) is 4. The number of ether oxygens (including phenoxy) is 1. The van der Waals surface area contributed by atoms with Crippen LogP contribution in [0, 0.1) is 6.92 Å². The number of H-pyrrole nitrogens is 1. The third kappa shape index (κ3) is 3.14. The molecule has 1 aromatic heterocycles. The van der Waals surface area contributed by atoms with E-state index < -0.39 is 0 Å². The zero-order valence-electron chi connectivity index (χ0n) is 17.1. The molecular weight excluding hydrogens is 366 g/mol. The molecule has 1 unspecified atom stereocenters. The maximum Gasteiger partial charge on any atom is 0.273 e. The lowest BCUT2D eigenvalue weighted by Gasteiger charge is -2.30. The standard InChI is InChI=1S/C23H25N3O3/c1-5-29-18-12-16(10-11-17(18)27)22-19-20(15-8-6-14(4)7-9-15)24-25-21(19)23(28)26(22)13(2)3/h6-13,22,27H,5H2,1-4H3,(H,24,25). The minimum absolute atomic E-state index is 0.0106. The van der Waals surface area contributed by atoms with Crippen molar-refractivity contribution in [2.45, 2.75) is 39.8 Å². The van der Waals surface area contributed by atoms with Crippen LogP contribution in [0.4, 0.5) is 0 Å². The molecular formula is C23H25N3O3. The second-order valence-electron chi connectivity index (χ2n) is 7.60. The molecule has 0 saturated carbocycles. The zero-order chi connectivity index (χ0) is 20.7. The van der Waals surface area contributed by atoms with Gasteiger partial charge in [-0.1, -0.05) is 35.9 Å². The average Bonchev–Trinajstić information content (AvgIpc) is 3.24. The van der Waals surface area contributed by atoms with E-state index in [0.717, 1.165) is 27.9 Å². The Labute approximate surface area is 170 Å². The van der Waals surface area contributed by atoms with Crippen LogP contribution in [0.15, 0.2) is 42.5 Å². The van der Waals surface area contributed by atoms with E-state index in [9.17, 15) is 9.90 Å². The van der Waals surface area contributed by atoms with Gasteiger partial charge in [0.2, 0.25) is 0 Å². The zero-order valence-corrected chi connectivity index (χ0v) is 17.1. The van der Waals surface area contributed by atoms with E-state index in [4.69, 9.17) is 4.74 Å². The number of benzene rings is 2. The summed E-state index contributed by atoms with van der Waals surface area (Å²) < 4.78 is 5.58. The monoisotopic (exact) mass is 391 g/mol. The van der Waals surface area contributed by atoms with Gasteiger partial charge in [0.1, 0.15) is 5.69 Å². The third-order valence-electron chi connectivity index (χ3n) is 5.28. The van der Waals surface area contributed by atoms with Crippen LogP contribution >= 0.6 is 0 Å². The number of carbonyl (C=O) groups is 1. The number of aryl methyl sites for hydroxylation is 1. The molecule has 0 spiro atoms. The molecule has 1 amide bonds. The molecule has 0 fully saturated rings. The molecule has 29 heavy (non-hydrogen) atoms. The highest BCUT2D eigenvalue weighted by molar-refractivity contribution is 6.00. The van der Waals surface area contributed by atoms with E-state index in [1.165, 1.54) is 0 Å². The van der Waals surface area contributed by atoms with E-state index >= 15 is 0 Å². The molecule has 150 valence electrons. The van der Waals surface area contributed by atoms with Gasteiger partial charge >= 0.3 is 0 Å². The second-order valence-corrected chi connectivity index (χ2v) is 7.60. The molecule has 2 aromatic carbocycles. The summed E-state index contributed by atoms with van der Waals surface area (Å²) in [5.41, 5.74) is 5.15. The normalized spacial score (nSPS) is 15.8. The minimum atomic E-state index is -0.313. The van der Waals surface area contributed by atoms with Crippen LogP contribution in [0.2, 0.25) is 0 Å². The summed E-state index contributed by atoms with van der Waals surface area (Å²) in [6.45, 7) is 8.35. The van der Waals surface area contributed by atoms with Gasteiger partial charge in [-0.05, 0) is 45.4 Å². The van der Waals surface area contributed by atoms with Gasteiger partial charge in [-0.2, -0.15) is 5.10 Å². The van der Waals surface area contributed by atoms with E-state index in [0.29, 0.717) is 18.1 Å². The SMILES string of the molecule is CCOc1cc(C2c3c(-c4ccc(C)cc4)n[nH]c3C(=O)N2C(C)C)ccc1O. The molecule has 1 aliphatic rings. The highest BCUT2D eigenvalue weighted by Crippen LogP contribution is 2.45. The van der Waals surface area contributed by atoms with Crippen molar-refractivity contribution in [2.24, 2.45) is 0 Å². The Morgan fingerprint density at radius 1 is 1.21 bits per heavy atom. The van der Waals surface area contributed by atoms with Crippen molar-refractivity contribution >= 4 is 5.91 Å². The summed E-state index contributed by atoms with van der Waals surface area (Å²) in [7, 11) is 0. The summed E-state index contributed by atoms with van der Waals surface area (Å²) in [5.74, 6) is 0.425. The molecule has 0 radical (unpaired) electrons. The van der Waals surface area contributed by atoms with Crippen molar-refractivity contribution in [3.05, 3.63) is 64.8 Å². The number of aromatic nitrogens is 2. The fourth-order valence-corrected chi connectivity index (χ4v) is 3.93. The van der Waals surface area contributed by atoms with Crippen LogP contribution in [-0.2, 0) is 0 Å². The van der Waals surface area contributed by atoms with Gasteiger partial charge in [0.05, 0.1) is 18.3 Å². The summed E-state index contributed by atoms with van der Waals surface area (Å²) in [4.78, 5) is 15.0. The van der Waals surface area contributed by atoms with Crippen LogP contribution in [0.1, 0.15) is 54.0 Å². The number of fused-ring (bicyclic) bond motifs is 1. The number of aromatic amines is 1. The fourth-order valence-electron chi connectivity index (χ4n) is 3.93. The lowest BCUT2D eigenvalue weighted by Crippen LogP contribution is -2.35. The van der Waals surface area contributed by atoms with Crippen molar-refractivity contribution < 1.29 is 14.6 Å². The Kier molecular flexibility index (Phi) is 4.78. The van der Waals surface area contributed by atoms with Crippen molar-refractivity contribution in [3.8, 4) is 22.8 Å². The van der Waals surface area contributed by atoms with E-state index in [-0.39, 0.29) is 23.7 Å². The molecule has 4 rings (SSSR count). The lowest BCUT2D eigenvalue weighted by atomic mass is 9.95. The topological polar surface area (TPSA) is 78.5 Å². The smallest absolute Gasteiger partial charge is 0.273 e. The van der Waals surface area contributed by atoms with Crippen molar-refractivity contribution in [1.29, 1.82) is 0 Å². The van der Waals surface area contributed by atoms with Gasteiger partial charge in [0, 0.05) is 17.2 Å². The van der Waals surface area contributed by atoms with E-state index in [1.54, 1.807) is 6.07 Å². The Bertz CT molecular complexity index is 1050.